The maximum atomic E-state index is 13.7. The van der Waals surface area contributed by atoms with E-state index < -0.39 is 12.0 Å². The smallest absolute Gasteiger partial charge is 0.227 e. The molecule has 2 aromatic carbocycles. The lowest BCUT2D eigenvalue weighted by Crippen LogP contribution is -2.48. The molecule has 212 valence electrons. The Kier molecular flexibility index (Phi) is 9.73. The molecule has 0 bridgehead atoms. The van der Waals surface area contributed by atoms with Gasteiger partial charge in [-0.1, -0.05) is 19.9 Å². The van der Waals surface area contributed by atoms with Gasteiger partial charge < -0.3 is 29.3 Å². The summed E-state index contributed by atoms with van der Waals surface area (Å²) in [5.41, 5.74) is 1.55. The third-order valence-corrected chi connectivity index (χ3v) is 7.93. The van der Waals surface area contributed by atoms with Crippen LogP contribution in [0.15, 0.2) is 42.5 Å². The molecule has 2 aromatic rings. The van der Waals surface area contributed by atoms with Crippen molar-refractivity contribution >= 4 is 17.5 Å². The van der Waals surface area contributed by atoms with Gasteiger partial charge in [-0.05, 0) is 79.6 Å². The third-order valence-electron chi connectivity index (χ3n) is 7.93. The molecule has 0 aliphatic carbocycles. The average Bonchev–Trinajstić information content (AvgIpc) is 2.94. The van der Waals surface area contributed by atoms with Crippen molar-refractivity contribution in [3.05, 3.63) is 48.0 Å². The lowest BCUT2D eigenvalue weighted by Gasteiger charge is -2.41. The molecule has 2 aliphatic heterocycles. The van der Waals surface area contributed by atoms with Crippen molar-refractivity contribution in [2.45, 2.75) is 45.6 Å². The molecule has 2 amide bonds. The molecule has 0 unspecified atom stereocenters. The Morgan fingerprint density at radius 3 is 2.28 bits per heavy atom. The van der Waals surface area contributed by atoms with Gasteiger partial charge in [0.2, 0.25) is 11.8 Å². The van der Waals surface area contributed by atoms with Gasteiger partial charge in [0, 0.05) is 31.7 Å². The second-order valence-corrected chi connectivity index (χ2v) is 11.0. The predicted molar refractivity (Wildman–Crippen MR) is 153 cm³/mol. The quantitative estimate of drug-likeness (QED) is 0.444. The van der Waals surface area contributed by atoms with Crippen LogP contribution in [0.25, 0.3) is 0 Å². The van der Waals surface area contributed by atoms with Crippen molar-refractivity contribution in [2.24, 2.45) is 17.8 Å². The summed E-state index contributed by atoms with van der Waals surface area (Å²) in [6, 6.07) is 12.5. The molecule has 39 heavy (non-hydrogen) atoms. The highest BCUT2D eigenvalue weighted by atomic mass is 16.5. The second kappa shape index (κ2) is 13.2. The molecule has 0 spiro atoms. The molecule has 8 nitrogen and oxygen atoms in total. The topological polar surface area (TPSA) is 80.3 Å². The lowest BCUT2D eigenvalue weighted by molar-refractivity contribution is -0.129. The standard InChI is InChI=1S/C31H43N3O5/c1-21-17-22(2)20-33(19-21)16-6-15-32-31(36)26-12-14-29(35)34(24-8-10-25(37-3)11-9-24)30(26)23-7-13-27(38-4)28(18-23)39-5/h7-11,13,18,21-22,26,30H,6,12,14-17,19-20H2,1-5H3,(H,32,36)/t21-,22-,26+,30+/m0/s1. The highest BCUT2D eigenvalue weighted by Gasteiger charge is 2.41. The summed E-state index contributed by atoms with van der Waals surface area (Å²) in [5.74, 6) is 2.85. The molecule has 8 heteroatoms. The van der Waals surface area contributed by atoms with Crippen LogP contribution in [0.2, 0.25) is 0 Å². The van der Waals surface area contributed by atoms with E-state index in [2.05, 4.69) is 24.1 Å². The van der Waals surface area contributed by atoms with Crippen LogP contribution in [-0.4, -0.2) is 64.2 Å². The average molecular weight is 538 g/mol. The number of rotatable bonds is 10. The molecule has 4 atom stereocenters. The first-order valence-electron chi connectivity index (χ1n) is 14.0. The van der Waals surface area contributed by atoms with Gasteiger partial charge in [0.1, 0.15) is 5.75 Å². The van der Waals surface area contributed by atoms with Crippen LogP contribution in [0.5, 0.6) is 17.2 Å². The number of nitrogens with one attached hydrogen (secondary N) is 1. The highest BCUT2D eigenvalue weighted by molar-refractivity contribution is 5.97. The van der Waals surface area contributed by atoms with E-state index in [-0.39, 0.29) is 11.8 Å². The predicted octanol–water partition coefficient (Wildman–Crippen LogP) is 4.68. The fourth-order valence-corrected chi connectivity index (χ4v) is 6.25. The molecule has 0 aromatic heterocycles. The van der Waals surface area contributed by atoms with Crippen molar-refractivity contribution in [1.29, 1.82) is 0 Å². The number of piperidine rings is 2. The summed E-state index contributed by atoms with van der Waals surface area (Å²) in [7, 11) is 4.79. The fraction of sp³-hybridized carbons (Fsp3) is 0.548. The molecule has 2 aliphatic rings. The van der Waals surface area contributed by atoms with E-state index in [0.717, 1.165) is 37.3 Å². The molecule has 0 saturated carbocycles. The van der Waals surface area contributed by atoms with Crippen molar-refractivity contribution < 1.29 is 23.8 Å². The van der Waals surface area contributed by atoms with Gasteiger partial charge in [0.15, 0.2) is 11.5 Å². The van der Waals surface area contributed by atoms with E-state index in [9.17, 15) is 9.59 Å². The largest absolute Gasteiger partial charge is 0.497 e. The lowest BCUT2D eigenvalue weighted by atomic mass is 9.83. The Labute approximate surface area is 232 Å². The van der Waals surface area contributed by atoms with Gasteiger partial charge in [0.25, 0.3) is 0 Å². The molecule has 4 rings (SSSR count). The third kappa shape index (κ3) is 6.85. The van der Waals surface area contributed by atoms with E-state index in [0.29, 0.717) is 48.5 Å². The molecule has 0 radical (unpaired) electrons. The van der Waals surface area contributed by atoms with Crippen LogP contribution < -0.4 is 24.4 Å². The number of amides is 2. The molecule has 2 heterocycles. The minimum atomic E-state index is -0.483. The Hall–Kier alpha value is -3.26. The number of hydrogen-bond acceptors (Lipinski definition) is 6. The van der Waals surface area contributed by atoms with Crippen molar-refractivity contribution in [2.75, 3.05) is 52.4 Å². The highest BCUT2D eigenvalue weighted by Crippen LogP contribution is 2.42. The van der Waals surface area contributed by atoms with Gasteiger partial charge >= 0.3 is 0 Å². The first kappa shape index (κ1) is 28.7. The summed E-state index contributed by atoms with van der Waals surface area (Å²) in [4.78, 5) is 31.3. The number of carbonyl (C=O) groups excluding carboxylic acids is 2. The van der Waals surface area contributed by atoms with Crippen LogP contribution in [0, 0.1) is 17.8 Å². The summed E-state index contributed by atoms with van der Waals surface area (Å²) in [5, 5.41) is 3.19. The first-order valence-corrected chi connectivity index (χ1v) is 14.0. The molecular formula is C31H43N3O5. The van der Waals surface area contributed by atoms with Crippen LogP contribution in [0.1, 0.15) is 51.1 Å². The number of nitrogens with zero attached hydrogens (tertiary/aromatic N) is 2. The fourth-order valence-electron chi connectivity index (χ4n) is 6.25. The van der Waals surface area contributed by atoms with E-state index in [1.807, 2.05) is 42.5 Å². The zero-order valence-electron chi connectivity index (χ0n) is 23.9. The number of likely N-dealkylation sites (tertiary alicyclic amines) is 1. The maximum Gasteiger partial charge on any atom is 0.227 e. The van der Waals surface area contributed by atoms with Gasteiger partial charge in [-0.2, -0.15) is 0 Å². The molecular weight excluding hydrogens is 494 g/mol. The van der Waals surface area contributed by atoms with Gasteiger partial charge in [-0.15, -0.1) is 0 Å². The number of hydrogen-bond donors (Lipinski definition) is 1. The SMILES string of the molecule is COc1ccc(N2C(=O)CC[C@@H](C(=O)NCCCN3C[C@@H](C)C[C@H](C)C3)[C@H]2c2ccc(OC)c(OC)c2)cc1. The molecule has 2 saturated heterocycles. The zero-order chi connectivity index (χ0) is 27.9. The summed E-state index contributed by atoms with van der Waals surface area (Å²) in [6.07, 6.45) is 2.98. The zero-order valence-corrected chi connectivity index (χ0v) is 23.9. The van der Waals surface area contributed by atoms with Crippen molar-refractivity contribution in [1.82, 2.24) is 10.2 Å². The number of anilines is 1. The monoisotopic (exact) mass is 537 g/mol. The van der Waals surface area contributed by atoms with Gasteiger partial charge in [0.05, 0.1) is 33.3 Å². The first-order chi connectivity index (χ1) is 18.8. The Morgan fingerprint density at radius 1 is 0.949 bits per heavy atom. The maximum absolute atomic E-state index is 13.7. The summed E-state index contributed by atoms with van der Waals surface area (Å²) in [6.45, 7) is 8.48. The molecule has 1 N–H and O–H groups in total. The molecule has 2 fully saturated rings. The van der Waals surface area contributed by atoms with Crippen LogP contribution >= 0.6 is 0 Å². The van der Waals surface area contributed by atoms with Crippen molar-refractivity contribution in [3.63, 3.8) is 0 Å². The Balaban J connectivity index is 1.55. The minimum Gasteiger partial charge on any atom is -0.497 e. The van der Waals surface area contributed by atoms with E-state index >= 15 is 0 Å². The Morgan fingerprint density at radius 2 is 1.64 bits per heavy atom. The second-order valence-electron chi connectivity index (χ2n) is 11.0. The minimum absolute atomic E-state index is 0.0164. The van der Waals surface area contributed by atoms with Gasteiger partial charge in [-0.25, -0.2) is 0 Å². The summed E-state index contributed by atoms with van der Waals surface area (Å²) < 4.78 is 16.3. The number of methoxy groups -OCH3 is 3. The number of benzene rings is 2. The van der Waals surface area contributed by atoms with Crippen LogP contribution in [0.3, 0.4) is 0 Å². The number of ether oxygens (including phenoxy) is 3. The van der Waals surface area contributed by atoms with E-state index in [1.165, 1.54) is 6.42 Å². The van der Waals surface area contributed by atoms with E-state index in [1.54, 1.807) is 26.2 Å². The normalized spacial score (nSPS) is 23.8. The summed E-state index contributed by atoms with van der Waals surface area (Å²) >= 11 is 0. The van der Waals surface area contributed by atoms with Gasteiger partial charge in [-0.3, -0.25) is 9.59 Å². The van der Waals surface area contributed by atoms with Crippen LogP contribution in [0.4, 0.5) is 5.69 Å². The number of carbonyl (C=O) groups is 2. The van der Waals surface area contributed by atoms with Crippen molar-refractivity contribution in [3.8, 4) is 17.2 Å². The Bertz CT molecular complexity index is 1110. The van der Waals surface area contributed by atoms with E-state index in [4.69, 9.17) is 14.2 Å². The van der Waals surface area contributed by atoms with Crippen LogP contribution in [-0.2, 0) is 9.59 Å².